The molecule has 3 aromatic rings. The molecule has 6 heteroatoms. The van der Waals surface area contributed by atoms with E-state index in [-0.39, 0.29) is 12.3 Å². The van der Waals surface area contributed by atoms with Crippen LogP contribution in [0.1, 0.15) is 29.2 Å². The van der Waals surface area contributed by atoms with Crippen molar-refractivity contribution >= 4 is 12.1 Å². The van der Waals surface area contributed by atoms with Crippen LogP contribution in [0.2, 0.25) is 0 Å². The number of nitrogens with zero attached hydrogens (tertiary/aromatic N) is 2. The van der Waals surface area contributed by atoms with Gasteiger partial charge in [0.1, 0.15) is 18.1 Å². The van der Waals surface area contributed by atoms with Crippen molar-refractivity contribution in [3.63, 3.8) is 0 Å². The molecule has 3 aromatic carbocycles. The molecule has 1 amide bonds. The molecule has 3 rings (SSSR count). The molecule has 0 radical (unpaired) electrons. The maximum absolute atomic E-state index is 12.2. The Labute approximate surface area is 181 Å². The summed E-state index contributed by atoms with van der Waals surface area (Å²) in [5.74, 6) is 1.20. The Balaban J connectivity index is 1.55. The lowest BCUT2D eigenvalue weighted by atomic mass is 10.1. The van der Waals surface area contributed by atoms with Gasteiger partial charge in [0.25, 0.3) is 0 Å². The van der Waals surface area contributed by atoms with Crippen LogP contribution in [0, 0.1) is 11.3 Å². The Morgan fingerprint density at radius 3 is 2.61 bits per heavy atom. The monoisotopic (exact) mass is 413 g/mol. The summed E-state index contributed by atoms with van der Waals surface area (Å²) in [5, 5.41) is 13.1. The van der Waals surface area contributed by atoms with E-state index >= 15 is 0 Å². The van der Waals surface area contributed by atoms with Gasteiger partial charge in [0, 0.05) is 5.56 Å². The lowest BCUT2D eigenvalue weighted by Crippen LogP contribution is -2.19. The highest BCUT2D eigenvalue weighted by Gasteiger charge is 2.05. The first-order chi connectivity index (χ1) is 15.2. The van der Waals surface area contributed by atoms with Crippen molar-refractivity contribution < 1.29 is 14.3 Å². The predicted molar refractivity (Wildman–Crippen MR) is 119 cm³/mol. The number of benzene rings is 3. The Hall–Kier alpha value is -4.11. The molecule has 0 aliphatic rings. The number of hydrogen-bond donors (Lipinski definition) is 1. The number of carbonyl (C=O) groups excluding carboxylic acids is 1. The van der Waals surface area contributed by atoms with E-state index < -0.39 is 0 Å². The van der Waals surface area contributed by atoms with Crippen molar-refractivity contribution in [1.82, 2.24) is 5.43 Å². The second-order valence-corrected chi connectivity index (χ2v) is 6.69. The molecule has 0 aromatic heterocycles. The minimum atomic E-state index is -0.216. The van der Waals surface area contributed by atoms with Crippen molar-refractivity contribution in [3.8, 4) is 17.6 Å². The highest BCUT2D eigenvalue weighted by molar-refractivity contribution is 5.85. The van der Waals surface area contributed by atoms with E-state index in [1.807, 2.05) is 67.6 Å². The van der Waals surface area contributed by atoms with Crippen molar-refractivity contribution in [2.24, 2.45) is 5.10 Å². The molecular weight excluding hydrogens is 390 g/mol. The number of ether oxygens (including phenoxy) is 2. The largest absolute Gasteiger partial charge is 0.494 e. The van der Waals surface area contributed by atoms with Gasteiger partial charge in [0.2, 0.25) is 5.91 Å². The fourth-order valence-electron chi connectivity index (χ4n) is 2.88. The van der Waals surface area contributed by atoms with Gasteiger partial charge in [-0.25, -0.2) is 5.43 Å². The van der Waals surface area contributed by atoms with Crippen molar-refractivity contribution in [2.45, 2.75) is 20.0 Å². The van der Waals surface area contributed by atoms with Crippen LogP contribution in [0.3, 0.4) is 0 Å². The molecule has 0 aliphatic carbocycles. The van der Waals surface area contributed by atoms with Gasteiger partial charge in [-0.2, -0.15) is 10.4 Å². The molecule has 0 aliphatic heterocycles. The maximum Gasteiger partial charge on any atom is 0.244 e. The number of nitrogens with one attached hydrogen (secondary N) is 1. The van der Waals surface area contributed by atoms with E-state index in [4.69, 9.17) is 14.7 Å². The van der Waals surface area contributed by atoms with Crippen molar-refractivity contribution in [1.29, 1.82) is 5.26 Å². The lowest BCUT2D eigenvalue weighted by Gasteiger charge is -2.09. The smallest absolute Gasteiger partial charge is 0.244 e. The number of rotatable bonds is 9. The predicted octanol–water partition coefficient (Wildman–Crippen LogP) is 4.23. The van der Waals surface area contributed by atoms with E-state index in [0.29, 0.717) is 24.5 Å². The Morgan fingerprint density at radius 2 is 1.84 bits per heavy atom. The SMILES string of the molecule is CCOc1ccc(CC(=O)N/N=C\c2ccccc2OCc2cccc(C#N)c2)cc1. The fourth-order valence-corrected chi connectivity index (χ4v) is 2.88. The summed E-state index contributed by atoms with van der Waals surface area (Å²) in [6, 6.07) is 24.2. The summed E-state index contributed by atoms with van der Waals surface area (Å²) in [6.45, 7) is 2.85. The molecular formula is C25H23N3O3. The molecule has 0 saturated heterocycles. The molecule has 0 atom stereocenters. The van der Waals surface area contributed by atoms with Gasteiger partial charge in [-0.1, -0.05) is 36.4 Å². The molecule has 31 heavy (non-hydrogen) atoms. The maximum atomic E-state index is 12.2. The molecule has 0 saturated carbocycles. The highest BCUT2D eigenvalue weighted by atomic mass is 16.5. The zero-order valence-electron chi connectivity index (χ0n) is 17.2. The molecule has 1 N–H and O–H groups in total. The summed E-state index contributed by atoms with van der Waals surface area (Å²) < 4.78 is 11.3. The van der Waals surface area contributed by atoms with Crippen LogP contribution >= 0.6 is 0 Å². The third-order valence-electron chi connectivity index (χ3n) is 4.36. The third kappa shape index (κ3) is 6.72. The normalized spacial score (nSPS) is 10.5. The Bertz CT molecular complexity index is 1090. The number of nitriles is 1. The zero-order valence-corrected chi connectivity index (χ0v) is 17.2. The number of para-hydroxylation sites is 1. The Morgan fingerprint density at radius 1 is 1.03 bits per heavy atom. The standard InChI is InChI=1S/C25H23N3O3/c1-2-30-23-12-10-19(11-13-23)15-25(29)28-27-17-22-8-3-4-9-24(22)31-18-21-7-5-6-20(14-21)16-26/h3-14,17H,2,15,18H2,1H3,(H,28,29)/b27-17-. The van der Waals surface area contributed by atoms with E-state index in [2.05, 4.69) is 16.6 Å². The van der Waals surface area contributed by atoms with E-state index in [1.54, 1.807) is 18.3 Å². The molecule has 0 spiro atoms. The van der Waals surface area contributed by atoms with Gasteiger partial charge in [-0.05, 0) is 54.4 Å². The van der Waals surface area contributed by atoms with Crippen LogP contribution in [0.5, 0.6) is 11.5 Å². The first-order valence-corrected chi connectivity index (χ1v) is 9.92. The lowest BCUT2D eigenvalue weighted by molar-refractivity contribution is -0.120. The van der Waals surface area contributed by atoms with Crippen LogP contribution in [-0.4, -0.2) is 18.7 Å². The molecule has 0 unspecified atom stereocenters. The third-order valence-corrected chi connectivity index (χ3v) is 4.36. The average Bonchev–Trinajstić information content (AvgIpc) is 2.80. The van der Waals surface area contributed by atoms with Gasteiger partial charge >= 0.3 is 0 Å². The van der Waals surface area contributed by atoms with Crippen LogP contribution in [0.4, 0.5) is 0 Å². The second-order valence-electron chi connectivity index (χ2n) is 6.69. The first-order valence-electron chi connectivity index (χ1n) is 9.92. The van der Waals surface area contributed by atoms with E-state index in [9.17, 15) is 4.79 Å². The minimum absolute atomic E-state index is 0.216. The van der Waals surface area contributed by atoms with Crippen LogP contribution < -0.4 is 14.9 Å². The second kappa shape index (κ2) is 11.2. The number of amides is 1. The number of hydrogen-bond acceptors (Lipinski definition) is 5. The van der Waals surface area contributed by atoms with Gasteiger partial charge in [-0.3, -0.25) is 4.79 Å². The highest BCUT2D eigenvalue weighted by Crippen LogP contribution is 2.18. The molecule has 156 valence electrons. The van der Waals surface area contributed by atoms with Gasteiger partial charge < -0.3 is 9.47 Å². The zero-order chi connectivity index (χ0) is 21.9. The summed E-state index contributed by atoms with van der Waals surface area (Å²) >= 11 is 0. The van der Waals surface area contributed by atoms with Crippen molar-refractivity contribution in [3.05, 3.63) is 95.1 Å². The van der Waals surface area contributed by atoms with Crippen LogP contribution in [0.15, 0.2) is 77.9 Å². The molecule has 6 nitrogen and oxygen atoms in total. The number of carbonyl (C=O) groups is 1. The first kappa shape index (κ1) is 21.6. The van der Waals surface area contributed by atoms with E-state index in [0.717, 1.165) is 22.4 Å². The van der Waals surface area contributed by atoms with E-state index in [1.165, 1.54) is 0 Å². The summed E-state index contributed by atoms with van der Waals surface area (Å²) in [5.41, 5.74) is 5.64. The number of hydrazone groups is 1. The van der Waals surface area contributed by atoms with Crippen LogP contribution in [0.25, 0.3) is 0 Å². The van der Waals surface area contributed by atoms with Crippen LogP contribution in [-0.2, 0) is 17.8 Å². The Kier molecular flexibility index (Phi) is 7.78. The quantitative estimate of drug-likeness (QED) is 0.420. The summed E-state index contributed by atoms with van der Waals surface area (Å²) in [4.78, 5) is 12.2. The summed E-state index contributed by atoms with van der Waals surface area (Å²) in [6.07, 6.45) is 1.77. The average molecular weight is 413 g/mol. The molecule has 0 bridgehead atoms. The molecule has 0 fully saturated rings. The van der Waals surface area contributed by atoms with Gasteiger partial charge in [-0.15, -0.1) is 0 Å². The minimum Gasteiger partial charge on any atom is -0.494 e. The van der Waals surface area contributed by atoms with Gasteiger partial charge in [0.15, 0.2) is 0 Å². The van der Waals surface area contributed by atoms with Crippen molar-refractivity contribution in [2.75, 3.05) is 6.61 Å². The molecule has 0 heterocycles. The fraction of sp³-hybridized carbons (Fsp3) is 0.160. The topological polar surface area (TPSA) is 83.7 Å². The van der Waals surface area contributed by atoms with Gasteiger partial charge in [0.05, 0.1) is 30.9 Å². The summed E-state index contributed by atoms with van der Waals surface area (Å²) in [7, 11) is 0.